The first-order valence-electron chi connectivity index (χ1n) is 8.97. The number of hydrogen-bond acceptors (Lipinski definition) is 6. The van der Waals surface area contributed by atoms with Gasteiger partial charge in [0.25, 0.3) is 5.91 Å². The van der Waals surface area contributed by atoms with Crippen LogP contribution in [0.25, 0.3) is 5.69 Å². The third-order valence-electron chi connectivity index (χ3n) is 4.91. The van der Waals surface area contributed by atoms with E-state index in [0.717, 1.165) is 11.4 Å². The topological polar surface area (TPSA) is 98.6 Å². The molecule has 1 aromatic carbocycles. The number of likely N-dealkylation sites (N-methyl/N-ethyl adjacent to an activating group) is 1. The van der Waals surface area contributed by atoms with Gasteiger partial charge >= 0.3 is 5.97 Å². The summed E-state index contributed by atoms with van der Waals surface area (Å²) in [6.45, 7) is 3.41. The highest BCUT2D eigenvalue weighted by molar-refractivity contribution is 7.91. The molecule has 0 spiro atoms. The lowest BCUT2D eigenvalue weighted by molar-refractivity contribution is -0.140. The number of ether oxygens (including phenoxy) is 1. The number of amides is 1. The minimum absolute atomic E-state index is 0.0514. The van der Waals surface area contributed by atoms with Crippen LogP contribution in [-0.4, -0.2) is 65.7 Å². The number of carbonyl (C=O) groups excluding carboxylic acids is 2. The number of carbonyl (C=O) groups is 2. The Morgan fingerprint density at radius 1 is 1.25 bits per heavy atom. The molecule has 0 saturated carbocycles. The van der Waals surface area contributed by atoms with Crippen LogP contribution < -0.4 is 0 Å². The summed E-state index contributed by atoms with van der Waals surface area (Å²) in [4.78, 5) is 26.2. The Labute approximate surface area is 164 Å². The molecule has 28 heavy (non-hydrogen) atoms. The molecule has 3 rings (SSSR count). The van der Waals surface area contributed by atoms with Gasteiger partial charge in [0.2, 0.25) is 0 Å². The van der Waals surface area contributed by atoms with E-state index in [1.807, 2.05) is 13.0 Å². The predicted molar refractivity (Wildman–Crippen MR) is 103 cm³/mol. The van der Waals surface area contributed by atoms with Crippen LogP contribution in [0.3, 0.4) is 0 Å². The number of sulfone groups is 1. The maximum Gasteiger partial charge on any atom is 0.338 e. The highest BCUT2D eigenvalue weighted by Gasteiger charge is 2.35. The van der Waals surface area contributed by atoms with Crippen LogP contribution in [0.1, 0.15) is 29.4 Å². The highest BCUT2D eigenvalue weighted by atomic mass is 32.2. The smallest absolute Gasteiger partial charge is 0.338 e. The molecule has 2 heterocycles. The van der Waals surface area contributed by atoms with Crippen LogP contribution >= 0.6 is 0 Å². The molecule has 1 amide bonds. The van der Waals surface area contributed by atoms with Gasteiger partial charge in [0.1, 0.15) is 0 Å². The fraction of sp³-hybridized carbons (Fsp3) is 0.421. The van der Waals surface area contributed by atoms with E-state index in [9.17, 15) is 18.0 Å². The Morgan fingerprint density at radius 2 is 1.93 bits per heavy atom. The average molecular weight is 405 g/mol. The zero-order valence-corrected chi connectivity index (χ0v) is 16.8. The minimum atomic E-state index is -3.10. The molecule has 150 valence electrons. The summed E-state index contributed by atoms with van der Waals surface area (Å²) < 4.78 is 30.2. The molecule has 1 aromatic heterocycles. The van der Waals surface area contributed by atoms with E-state index < -0.39 is 27.8 Å². The number of nitrogens with zero attached hydrogens (tertiary/aromatic N) is 3. The molecule has 1 fully saturated rings. The molecule has 9 heteroatoms. The van der Waals surface area contributed by atoms with Crippen LogP contribution in [0, 0.1) is 6.92 Å². The number of rotatable bonds is 5. The van der Waals surface area contributed by atoms with Crippen molar-refractivity contribution in [2.75, 3.05) is 18.6 Å². The molecule has 0 bridgehead atoms. The monoisotopic (exact) mass is 405 g/mol. The zero-order valence-electron chi connectivity index (χ0n) is 16.0. The molecule has 2 atom stereocenters. The van der Waals surface area contributed by atoms with Crippen LogP contribution in [0.5, 0.6) is 0 Å². The van der Waals surface area contributed by atoms with Gasteiger partial charge in [-0.25, -0.2) is 17.9 Å². The summed E-state index contributed by atoms with van der Waals surface area (Å²) in [5.74, 6) is -1.01. The second-order valence-electron chi connectivity index (χ2n) is 6.98. The third kappa shape index (κ3) is 4.24. The summed E-state index contributed by atoms with van der Waals surface area (Å²) in [6.07, 6.45) is 1.09. The van der Waals surface area contributed by atoms with Gasteiger partial charge in [-0.15, -0.1) is 0 Å². The van der Waals surface area contributed by atoms with Crippen LogP contribution in [-0.2, 0) is 19.4 Å². The summed E-state index contributed by atoms with van der Waals surface area (Å²) >= 11 is 0. The summed E-state index contributed by atoms with van der Waals surface area (Å²) in [5.41, 5.74) is 2.09. The fourth-order valence-corrected chi connectivity index (χ4v) is 4.98. The molecule has 1 saturated heterocycles. The zero-order chi connectivity index (χ0) is 20.5. The molecular weight excluding hydrogens is 382 g/mol. The lowest BCUT2D eigenvalue weighted by Crippen LogP contribution is -2.44. The lowest BCUT2D eigenvalue weighted by atomic mass is 10.2. The van der Waals surface area contributed by atoms with Crippen LogP contribution in [0.4, 0.5) is 0 Å². The first-order chi connectivity index (χ1) is 13.2. The van der Waals surface area contributed by atoms with Gasteiger partial charge in [-0.05, 0) is 50.6 Å². The highest BCUT2D eigenvalue weighted by Crippen LogP contribution is 2.18. The number of benzene rings is 1. The lowest BCUT2D eigenvalue weighted by Gasteiger charge is -2.26. The van der Waals surface area contributed by atoms with E-state index in [-0.39, 0.29) is 17.5 Å². The van der Waals surface area contributed by atoms with Crippen molar-refractivity contribution in [2.24, 2.45) is 0 Å². The van der Waals surface area contributed by atoms with Crippen molar-refractivity contribution in [3.8, 4) is 5.69 Å². The molecule has 0 radical (unpaired) electrons. The van der Waals surface area contributed by atoms with E-state index in [1.165, 1.54) is 11.8 Å². The van der Waals surface area contributed by atoms with Crippen molar-refractivity contribution < 1.29 is 22.7 Å². The first-order valence-corrected chi connectivity index (χ1v) is 10.8. The van der Waals surface area contributed by atoms with Crippen molar-refractivity contribution in [1.29, 1.82) is 0 Å². The van der Waals surface area contributed by atoms with E-state index in [1.54, 1.807) is 42.2 Å². The van der Waals surface area contributed by atoms with Crippen LogP contribution in [0.15, 0.2) is 36.5 Å². The van der Waals surface area contributed by atoms with E-state index in [0.29, 0.717) is 12.0 Å². The van der Waals surface area contributed by atoms with Crippen molar-refractivity contribution >= 4 is 21.7 Å². The van der Waals surface area contributed by atoms with Crippen molar-refractivity contribution in [3.05, 3.63) is 47.8 Å². The van der Waals surface area contributed by atoms with E-state index in [4.69, 9.17) is 4.74 Å². The summed E-state index contributed by atoms with van der Waals surface area (Å²) in [7, 11) is -1.56. The standard InChI is InChI=1S/C19H23N3O5S/c1-13-8-10-20-22(13)16-6-4-15(5-7-16)19(24)27-14(2)18(23)21(3)17-9-11-28(25,26)12-17/h4-8,10,14,17H,9,11-12H2,1-3H3/t14-,17-/m0/s1. The second kappa shape index (κ2) is 7.75. The Balaban J connectivity index is 1.62. The second-order valence-corrected chi connectivity index (χ2v) is 9.21. The summed E-state index contributed by atoms with van der Waals surface area (Å²) in [5, 5.41) is 4.21. The maximum absolute atomic E-state index is 12.5. The van der Waals surface area contributed by atoms with Gasteiger partial charge in [0.15, 0.2) is 15.9 Å². The predicted octanol–water partition coefficient (Wildman–Crippen LogP) is 1.37. The third-order valence-corrected chi connectivity index (χ3v) is 6.67. The fourth-order valence-electron chi connectivity index (χ4n) is 3.21. The first kappa shape index (κ1) is 20.1. The SMILES string of the molecule is Cc1ccnn1-c1ccc(C(=O)O[C@@H](C)C(=O)N(C)[C@H]2CCS(=O)(=O)C2)cc1. The Bertz CT molecular complexity index is 981. The Kier molecular flexibility index (Phi) is 5.55. The number of hydrogen-bond donors (Lipinski definition) is 0. The maximum atomic E-state index is 12.5. The number of esters is 1. The molecular formula is C19H23N3O5S. The van der Waals surface area contributed by atoms with Crippen molar-refractivity contribution in [3.63, 3.8) is 0 Å². The van der Waals surface area contributed by atoms with E-state index in [2.05, 4.69) is 5.10 Å². The normalized spacial score (nSPS) is 19.2. The van der Waals surface area contributed by atoms with Gasteiger partial charge in [-0.3, -0.25) is 4.79 Å². The van der Waals surface area contributed by atoms with Crippen molar-refractivity contribution in [1.82, 2.24) is 14.7 Å². The van der Waals surface area contributed by atoms with Crippen LogP contribution in [0.2, 0.25) is 0 Å². The molecule has 1 aliphatic rings. The molecule has 1 aliphatic heterocycles. The largest absolute Gasteiger partial charge is 0.449 e. The molecule has 0 aliphatic carbocycles. The van der Waals surface area contributed by atoms with Gasteiger partial charge in [0.05, 0.1) is 22.8 Å². The van der Waals surface area contributed by atoms with Crippen molar-refractivity contribution in [2.45, 2.75) is 32.4 Å². The Morgan fingerprint density at radius 3 is 2.46 bits per heavy atom. The minimum Gasteiger partial charge on any atom is -0.449 e. The molecule has 0 unspecified atom stereocenters. The van der Waals surface area contributed by atoms with Gasteiger partial charge in [-0.2, -0.15) is 5.10 Å². The average Bonchev–Trinajstić information content (AvgIpc) is 3.25. The van der Waals surface area contributed by atoms with Gasteiger partial charge in [-0.1, -0.05) is 0 Å². The van der Waals surface area contributed by atoms with Gasteiger partial charge < -0.3 is 9.64 Å². The molecule has 2 aromatic rings. The quantitative estimate of drug-likeness (QED) is 0.697. The Hall–Kier alpha value is -2.68. The van der Waals surface area contributed by atoms with Gasteiger partial charge in [0, 0.05) is 25.0 Å². The summed E-state index contributed by atoms with van der Waals surface area (Å²) in [6, 6.07) is 8.22. The number of aromatic nitrogens is 2. The molecule has 8 nitrogen and oxygen atoms in total. The molecule has 0 N–H and O–H groups in total. The van der Waals surface area contributed by atoms with E-state index >= 15 is 0 Å². The number of aryl methyl sites for hydroxylation is 1.